The number of aryl methyl sites for hydroxylation is 1. The molecule has 2 rings (SSSR count). The van der Waals surface area contributed by atoms with Gasteiger partial charge in [0.05, 0.1) is 4.90 Å². The highest BCUT2D eigenvalue weighted by atomic mass is 35.5. The summed E-state index contributed by atoms with van der Waals surface area (Å²) in [7, 11) is -3.57. The van der Waals surface area contributed by atoms with E-state index < -0.39 is 10.0 Å². The first-order valence-corrected chi connectivity index (χ1v) is 8.70. The molecule has 0 radical (unpaired) electrons. The summed E-state index contributed by atoms with van der Waals surface area (Å²) < 4.78 is 27.0. The zero-order chi connectivity index (χ0) is 16.5. The molecular weight excluding hydrogens is 338 g/mol. The Morgan fingerprint density at radius 2 is 2.09 bits per heavy atom. The number of hydrogen-bond acceptors (Lipinski definition) is 4. The molecule has 1 amide bonds. The van der Waals surface area contributed by atoms with Crippen molar-refractivity contribution in [2.45, 2.75) is 32.1 Å². The average Bonchev–Trinajstić information content (AvgIpc) is 2.85. The summed E-state index contributed by atoms with van der Waals surface area (Å²) in [6.45, 7) is 6.58. The number of carbonyl (C=O) groups excluding carboxylic acids is 1. The van der Waals surface area contributed by atoms with Gasteiger partial charge in [-0.05, 0) is 43.0 Å². The minimum atomic E-state index is -3.57. The van der Waals surface area contributed by atoms with E-state index in [0.717, 1.165) is 12.0 Å². The number of nitrogens with zero attached hydrogens (tertiary/aromatic N) is 1. The number of amides is 1. The molecule has 6 nitrogen and oxygen atoms in total. The molecule has 1 aromatic rings. The first-order valence-electron chi connectivity index (χ1n) is 7.26. The van der Waals surface area contributed by atoms with Crippen molar-refractivity contribution in [3.8, 4) is 0 Å². The van der Waals surface area contributed by atoms with Gasteiger partial charge in [0.1, 0.15) is 0 Å². The van der Waals surface area contributed by atoms with Gasteiger partial charge >= 0.3 is 0 Å². The van der Waals surface area contributed by atoms with Gasteiger partial charge in [-0.1, -0.05) is 13.0 Å². The Balaban J connectivity index is 0.00000264. The molecule has 1 aliphatic rings. The van der Waals surface area contributed by atoms with Crippen molar-refractivity contribution in [1.82, 2.24) is 4.31 Å². The van der Waals surface area contributed by atoms with Gasteiger partial charge < -0.3 is 11.1 Å². The summed E-state index contributed by atoms with van der Waals surface area (Å²) in [5.74, 6) is -0.227. The number of halogens is 1. The molecule has 0 saturated carbocycles. The molecule has 1 aliphatic heterocycles. The lowest BCUT2D eigenvalue weighted by molar-refractivity contribution is -0.114. The zero-order valence-electron chi connectivity index (χ0n) is 13.6. The van der Waals surface area contributed by atoms with Crippen molar-refractivity contribution in [3.05, 3.63) is 23.8 Å². The van der Waals surface area contributed by atoms with Crippen LogP contribution in [0, 0.1) is 12.3 Å². The molecule has 1 unspecified atom stereocenters. The normalized spacial score (nSPS) is 21.7. The number of carbonyl (C=O) groups is 1. The van der Waals surface area contributed by atoms with Crippen molar-refractivity contribution in [3.63, 3.8) is 0 Å². The second kappa shape index (κ2) is 7.17. The second-order valence-corrected chi connectivity index (χ2v) is 8.20. The molecule has 3 N–H and O–H groups in total. The molecule has 0 spiro atoms. The molecular formula is C15H24ClN3O3S. The van der Waals surface area contributed by atoms with Crippen LogP contribution in [0.1, 0.15) is 25.8 Å². The number of nitrogens with two attached hydrogens (primary N) is 1. The van der Waals surface area contributed by atoms with Gasteiger partial charge in [0.25, 0.3) is 0 Å². The highest BCUT2D eigenvalue weighted by molar-refractivity contribution is 7.89. The lowest BCUT2D eigenvalue weighted by Gasteiger charge is -2.22. The van der Waals surface area contributed by atoms with Crippen LogP contribution in [-0.2, 0) is 14.8 Å². The molecule has 1 aromatic carbocycles. The van der Waals surface area contributed by atoms with Crippen LogP contribution in [-0.4, -0.2) is 38.3 Å². The fourth-order valence-electron chi connectivity index (χ4n) is 2.59. The Labute approximate surface area is 143 Å². The predicted octanol–water partition coefficient (Wildman–Crippen LogP) is 1.73. The summed E-state index contributed by atoms with van der Waals surface area (Å²) in [5.41, 5.74) is 6.92. The van der Waals surface area contributed by atoms with Crippen LogP contribution in [0.3, 0.4) is 0 Å². The maximum absolute atomic E-state index is 12.8. The maximum atomic E-state index is 12.8. The Bertz CT molecular complexity index is 693. The monoisotopic (exact) mass is 361 g/mol. The molecule has 1 fully saturated rings. The topological polar surface area (TPSA) is 92.5 Å². The molecule has 1 saturated heterocycles. The SMILES string of the molecule is CC(=O)Nc1cc(S(=O)(=O)N2CCC(C)(CN)C2)ccc1C.Cl. The van der Waals surface area contributed by atoms with Crippen LogP contribution >= 0.6 is 12.4 Å². The molecule has 0 bridgehead atoms. The van der Waals surface area contributed by atoms with Gasteiger partial charge in [0.15, 0.2) is 0 Å². The van der Waals surface area contributed by atoms with Gasteiger partial charge in [0.2, 0.25) is 15.9 Å². The fraction of sp³-hybridized carbons (Fsp3) is 0.533. The fourth-order valence-corrected chi connectivity index (χ4v) is 4.20. The van der Waals surface area contributed by atoms with Crippen LogP contribution in [0.15, 0.2) is 23.1 Å². The van der Waals surface area contributed by atoms with E-state index >= 15 is 0 Å². The van der Waals surface area contributed by atoms with Gasteiger partial charge in [-0.15, -0.1) is 12.4 Å². The van der Waals surface area contributed by atoms with Gasteiger partial charge in [-0.3, -0.25) is 4.79 Å². The van der Waals surface area contributed by atoms with Crippen LogP contribution < -0.4 is 11.1 Å². The van der Waals surface area contributed by atoms with Crippen LogP contribution in [0.4, 0.5) is 5.69 Å². The number of nitrogens with one attached hydrogen (secondary N) is 1. The third-order valence-electron chi connectivity index (χ3n) is 4.17. The third-order valence-corrected chi connectivity index (χ3v) is 6.01. The first kappa shape index (κ1) is 19.9. The summed E-state index contributed by atoms with van der Waals surface area (Å²) in [4.78, 5) is 11.4. The number of anilines is 1. The largest absolute Gasteiger partial charge is 0.330 e. The molecule has 8 heteroatoms. The minimum Gasteiger partial charge on any atom is -0.330 e. The Morgan fingerprint density at radius 1 is 1.43 bits per heavy atom. The van der Waals surface area contributed by atoms with Gasteiger partial charge in [-0.2, -0.15) is 4.31 Å². The highest BCUT2D eigenvalue weighted by Gasteiger charge is 2.39. The predicted molar refractivity (Wildman–Crippen MR) is 93.3 cm³/mol. The van der Waals surface area contributed by atoms with Crippen LogP contribution in [0.2, 0.25) is 0 Å². The Morgan fingerprint density at radius 3 is 2.61 bits per heavy atom. The number of benzene rings is 1. The molecule has 0 aliphatic carbocycles. The molecule has 1 heterocycles. The average molecular weight is 362 g/mol. The van der Waals surface area contributed by atoms with Crippen LogP contribution in [0.5, 0.6) is 0 Å². The zero-order valence-corrected chi connectivity index (χ0v) is 15.3. The van der Waals surface area contributed by atoms with Gasteiger partial charge in [0, 0.05) is 25.7 Å². The van der Waals surface area contributed by atoms with Crippen molar-refractivity contribution < 1.29 is 13.2 Å². The standard InChI is InChI=1S/C15H23N3O3S.ClH/c1-11-4-5-13(8-14(11)17-12(2)19)22(20,21)18-7-6-15(3,9-16)10-18;/h4-5,8H,6-7,9-10,16H2,1-3H3,(H,17,19);1H. The maximum Gasteiger partial charge on any atom is 0.243 e. The Hall–Kier alpha value is -1.15. The molecule has 1 atom stereocenters. The lowest BCUT2D eigenvalue weighted by atomic mass is 9.90. The quantitative estimate of drug-likeness (QED) is 0.854. The molecule has 130 valence electrons. The highest BCUT2D eigenvalue weighted by Crippen LogP contribution is 2.33. The van der Waals surface area contributed by atoms with E-state index in [1.54, 1.807) is 12.1 Å². The van der Waals surface area contributed by atoms with E-state index in [1.165, 1.54) is 17.3 Å². The van der Waals surface area contributed by atoms with E-state index in [9.17, 15) is 13.2 Å². The van der Waals surface area contributed by atoms with Crippen molar-refractivity contribution in [2.75, 3.05) is 25.0 Å². The molecule has 23 heavy (non-hydrogen) atoms. The van der Waals surface area contributed by atoms with E-state index in [-0.39, 0.29) is 28.6 Å². The Kier molecular flexibility index (Phi) is 6.20. The first-order chi connectivity index (χ1) is 10.2. The summed E-state index contributed by atoms with van der Waals surface area (Å²) in [6.07, 6.45) is 0.757. The van der Waals surface area contributed by atoms with E-state index in [2.05, 4.69) is 5.32 Å². The minimum absolute atomic E-state index is 0. The summed E-state index contributed by atoms with van der Waals surface area (Å²) >= 11 is 0. The van der Waals surface area contributed by atoms with Crippen molar-refractivity contribution in [2.24, 2.45) is 11.1 Å². The van der Waals surface area contributed by atoms with E-state index in [4.69, 9.17) is 5.73 Å². The van der Waals surface area contributed by atoms with Crippen LogP contribution in [0.25, 0.3) is 0 Å². The number of hydrogen-bond donors (Lipinski definition) is 2. The van der Waals surface area contributed by atoms with Gasteiger partial charge in [-0.25, -0.2) is 8.42 Å². The van der Waals surface area contributed by atoms with Crippen molar-refractivity contribution >= 4 is 34.0 Å². The number of rotatable bonds is 4. The number of sulfonamides is 1. The van der Waals surface area contributed by atoms with Crippen molar-refractivity contribution in [1.29, 1.82) is 0 Å². The van der Waals surface area contributed by atoms with E-state index in [1.807, 2.05) is 13.8 Å². The molecule has 0 aromatic heterocycles. The summed E-state index contributed by atoms with van der Waals surface area (Å²) in [5, 5.41) is 2.66. The smallest absolute Gasteiger partial charge is 0.243 e. The third kappa shape index (κ3) is 4.23. The van der Waals surface area contributed by atoms with E-state index in [0.29, 0.717) is 25.3 Å². The summed E-state index contributed by atoms with van der Waals surface area (Å²) in [6, 6.07) is 4.80. The lowest BCUT2D eigenvalue weighted by Crippen LogP contribution is -2.34. The second-order valence-electron chi connectivity index (χ2n) is 6.26.